The number of aromatic nitrogens is 4. The van der Waals surface area contributed by atoms with Gasteiger partial charge in [0.1, 0.15) is 11.0 Å². The molecule has 4 nitrogen and oxygen atoms in total. The molecule has 68 valence electrons. The molecule has 0 bridgehead atoms. The Balaban J connectivity index is 2.64. The van der Waals surface area contributed by atoms with E-state index >= 15 is 0 Å². The van der Waals surface area contributed by atoms with E-state index in [1.165, 1.54) is 11.7 Å². The average Bonchev–Trinajstić information content (AvgIpc) is 2.59. The van der Waals surface area contributed by atoms with Crippen LogP contribution < -0.4 is 0 Å². The molecule has 13 heavy (non-hydrogen) atoms. The fourth-order valence-electron chi connectivity index (χ4n) is 1.25. The molecule has 0 radical (unpaired) electrons. The van der Waals surface area contributed by atoms with Crippen molar-refractivity contribution >= 4 is 22.8 Å². The quantitative estimate of drug-likeness (QED) is 0.730. The first-order valence-corrected chi connectivity index (χ1v) is 5.00. The number of nitrogens with zero attached hydrogens (tertiary/aromatic N) is 4. The van der Waals surface area contributed by atoms with Crippen LogP contribution in [0.3, 0.4) is 0 Å². The Labute approximate surface area is 80.3 Å². The van der Waals surface area contributed by atoms with Gasteiger partial charge in [-0.05, 0) is 13.3 Å². The molecule has 0 amide bonds. The van der Waals surface area contributed by atoms with E-state index < -0.39 is 0 Å². The highest BCUT2D eigenvalue weighted by molar-refractivity contribution is 7.00. The Kier molecular flexibility index (Phi) is 2.18. The lowest BCUT2D eigenvalue weighted by Crippen LogP contribution is -1.96. The lowest BCUT2D eigenvalue weighted by atomic mass is 10.2. The first-order valence-electron chi connectivity index (χ1n) is 4.27. The molecule has 2 aromatic heterocycles. The third-order valence-corrected chi connectivity index (χ3v) is 2.44. The van der Waals surface area contributed by atoms with Gasteiger partial charge in [-0.1, -0.05) is 13.3 Å². The van der Waals surface area contributed by atoms with E-state index in [2.05, 4.69) is 25.9 Å². The topological polar surface area (TPSA) is 51.6 Å². The number of rotatable bonds is 2. The van der Waals surface area contributed by atoms with Gasteiger partial charge in [-0.15, -0.1) is 0 Å². The van der Waals surface area contributed by atoms with Gasteiger partial charge in [0.05, 0.1) is 23.1 Å². The molecule has 0 unspecified atom stereocenters. The standard InChI is InChI=1S/C8H10N4S/c1-3-4-6-8-7(11-13-12-8)5(2)9-10-6/h3-4H2,1-2H3. The number of fused-ring (bicyclic) bond motifs is 1. The predicted octanol–water partition coefficient (Wildman–Crippen LogP) is 1.74. The summed E-state index contributed by atoms with van der Waals surface area (Å²) in [6.45, 7) is 4.03. The molecular formula is C8H10N4S. The van der Waals surface area contributed by atoms with Crippen LogP contribution in [-0.2, 0) is 6.42 Å². The third-order valence-electron chi connectivity index (χ3n) is 1.91. The maximum absolute atomic E-state index is 4.23. The number of aryl methyl sites for hydroxylation is 2. The molecule has 5 heteroatoms. The van der Waals surface area contributed by atoms with Crippen LogP contribution in [-0.4, -0.2) is 18.9 Å². The molecule has 0 aliphatic rings. The Hall–Kier alpha value is -1.10. The normalized spacial score (nSPS) is 10.9. The molecule has 0 saturated carbocycles. The van der Waals surface area contributed by atoms with Crippen molar-refractivity contribution in [2.75, 3.05) is 0 Å². The van der Waals surface area contributed by atoms with E-state index in [0.29, 0.717) is 0 Å². The Bertz CT molecular complexity index is 423. The Morgan fingerprint density at radius 3 is 2.69 bits per heavy atom. The summed E-state index contributed by atoms with van der Waals surface area (Å²) < 4.78 is 8.42. The third kappa shape index (κ3) is 1.39. The molecule has 0 saturated heterocycles. The van der Waals surface area contributed by atoms with Crippen LogP contribution in [0.25, 0.3) is 11.0 Å². The Morgan fingerprint density at radius 2 is 1.92 bits per heavy atom. The van der Waals surface area contributed by atoms with Crippen LogP contribution in [0.4, 0.5) is 0 Å². The van der Waals surface area contributed by atoms with Gasteiger partial charge < -0.3 is 0 Å². The minimum absolute atomic E-state index is 0.864. The van der Waals surface area contributed by atoms with Gasteiger partial charge in [-0.25, -0.2) is 0 Å². The van der Waals surface area contributed by atoms with Crippen molar-refractivity contribution in [2.45, 2.75) is 26.7 Å². The molecule has 0 aliphatic carbocycles. The minimum atomic E-state index is 0.864. The van der Waals surface area contributed by atoms with E-state index in [-0.39, 0.29) is 0 Å². The maximum Gasteiger partial charge on any atom is 0.130 e. The first kappa shape index (κ1) is 8.50. The summed E-state index contributed by atoms with van der Waals surface area (Å²) in [5, 5.41) is 8.17. The van der Waals surface area contributed by atoms with E-state index in [1.54, 1.807) is 0 Å². The van der Waals surface area contributed by atoms with E-state index in [1.807, 2.05) is 6.92 Å². The molecule has 0 N–H and O–H groups in total. The highest BCUT2D eigenvalue weighted by Gasteiger charge is 2.09. The molecule has 2 heterocycles. The second-order valence-electron chi connectivity index (χ2n) is 2.94. The maximum atomic E-state index is 4.23. The van der Waals surface area contributed by atoms with Gasteiger partial charge in [-0.3, -0.25) is 0 Å². The smallest absolute Gasteiger partial charge is 0.130 e. The summed E-state index contributed by atoms with van der Waals surface area (Å²) in [4.78, 5) is 0. The van der Waals surface area contributed by atoms with Gasteiger partial charge >= 0.3 is 0 Å². The van der Waals surface area contributed by atoms with Crippen LogP contribution in [0.1, 0.15) is 24.7 Å². The van der Waals surface area contributed by atoms with Crippen molar-refractivity contribution in [3.8, 4) is 0 Å². The SMILES string of the molecule is CCCc1nnc(C)c2nsnc12. The van der Waals surface area contributed by atoms with Crippen LogP contribution in [0.2, 0.25) is 0 Å². The lowest BCUT2D eigenvalue weighted by Gasteiger charge is -1.97. The van der Waals surface area contributed by atoms with Crippen molar-refractivity contribution in [1.82, 2.24) is 18.9 Å². The highest BCUT2D eigenvalue weighted by atomic mass is 32.1. The lowest BCUT2D eigenvalue weighted by molar-refractivity contribution is 0.840. The van der Waals surface area contributed by atoms with Gasteiger partial charge in [0.15, 0.2) is 0 Å². The second-order valence-corrected chi connectivity index (χ2v) is 3.47. The summed E-state index contributed by atoms with van der Waals surface area (Å²) >= 11 is 1.23. The van der Waals surface area contributed by atoms with Crippen molar-refractivity contribution in [3.05, 3.63) is 11.4 Å². The second kappa shape index (κ2) is 3.33. The molecule has 0 spiro atoms. The summed E-state index contributed by atoms with van der Waals surface area (Å²) in [5.74, 6) is 0. The predicted molar refractivity (Wildman–Crippen MR) is 51.7 cm³/mol. The largest absolute Gasteiger partial charge is 0.171 e. The van der Waals surface area contributed by atoms with Crippen molar-refractivity contribution in [3.63, 3.8) is 0 Å². The zero-order valence-electron chi connectivity index (χ0n) is 7.61. The zero-order valence-corrected chi connectivity index (χ0v) is 8.43. The van der Waals surface area contributed by atoms with Crippen LogP contribution in [0.15, 0.2) is 0 Å². The number of hydrogen-bond donors (Lipinski definition) is 0. The fourth-order valence-corrected chi connectivity index (χ4v) is 1.87. The monoisotopic (exact) mass is 194 g/mol. The highest BCUT2D eigenvalue weighted by Crippen LogP contribution is 2.17. The van der Waals surface area contributed by atoms with E-state index in [0.717, 1.165) is 35.3 Å². The van der Waals surface area contributed by atoms with Crippen LogP contribution in [0.5, 0.6) is 0 Å². The van der Waals surface area contributed by atoms with Crippen molar-refractivity contribution < 1.29 is 0 Å². The Morgan fingerprint density at radius 1 is 1.15 bits per heavy atom. The zero-order chi connectivity index (χ0) is 9.26. The summed E-state index contributed by atoms with van der Waals surface area (Å²) in [6, 6.07) is 0. The first-order chi connectivity index (χ1) is 6.33. The van der Waals surface area contributed by atoms with E-state index in [9.17, 15) is 0 Å². The molecule has 0 fully saturated rings. The van der Waals surface area contributed by atoms with Crippen LogP contribution >= 0.6 is 11.7 Å². The fraction of sp³-hybridized carbons (Fsp3) is 0.500. The molecule has 0 aliphatic heterocycles. The molecular weight excluding hydrogens is 184 g/mol. The minimum Gasteiger partial charge on any atom is -0.171 e. The van der Waals surface area contributed by atoms with Gasteiger partial charge in [0.2, 0.25) is 0 Å². The summed E-state index contributed by atoms with van der Waals surface area (Å²) in [6.07, 6.45) is 1.99. The van der Waals surface area contributed by atoms with Gasteiger partial charge in [-0.2, -0.15) is 18.9 Å². The molecule has 0 aromatic carbocycles. The van der Waals surface area contributed by atoms with Crippen molar-refractivity contribution in [1.29, 1.82) is 0 Å². The molecule has 2 aromatic rings. The summed E-state index contributed by atoms with van der Waals surface area (Å²) in [5.41, 5.74) is 3.67. The molecule has 2 rings (SSSR count). The average molecular weight is 194 g/mol. The van der Waals surface area contributed by atoms with Crippen LogP contribution in [0, 0.1) is 6.92 Å². The number of hydrogen-bond acceptors (Lipinski definition) is 5. The van der Waals surface area contributed by atoms with Crippen molar-refractivity contribution in [2.24, 2.45) is 0 Å². The van der Waals surface area contributed by atoms with Gasteiger partial charge in [0.25, 0.3) is 0 Å². The van der Waals surface area contributed by atoms with E-state index in [4.69, 9.17) is 0 Å². The van der Waals surface area contributed by atoms with Gasteiger partial charge in [0, 0.05) is 0 Å². The summed E-state index contributed by atoms with van der Waals surface area (Å²) in [7, 11) is 0. The molecule has 0 atom stereocenters.